The fourth-order valence-corrected chi connectivity index (χ4v) is 2.90. The van der Waals surface area contributed by atoms with Crippen molar-refractivity contribution in [1.82, 2.24) is 10.2 Å². The summed E-state index contributed by atoms with van der Waals surface area (Å²) in [5.74, 6) is 2.30. The number of nitrogens with zero attached hydrogens (tertiary/aromatic N) is 1. The largest absolute Gasteiger partial charge is 0.336 e. The van der Waals surface area contributed by atoms with Gasteiger partial charge in [-0.3, -0.25) is 4.79 Å². The number of amides is 1. The van der Waals surface area contributed by atoms with Crippen molar-refractivity contribution in [2.75, 3.05) is 25.4 Å². The van der Waals surface area contributed by atoms with Crippen molar-refractivity contribution in [3.8, 4) is 0 Å². The Morgan fingerprint density at radius 1 is 1.42 bits per heavy atom. The van der Waals surface area contributed by atoms with Crippen LogP contribution in [-0.2, 0) is 5.75 Å². The summed E-state index contributed by atoms with van der Waals surface area (Å²) in [6, 6.07) is 8.45. The summed E-state index contributed by atoms with van der Waals surface area (Å²) in [6.07, 6.45) is 0. The molecule has 19 heavy (non-hydrogen) atoms. The molecule has 2 rings (SSSR count). The number of benzene rings is 1. The number of carbonyl (C=O) groups is 1. The van der Waals surface area contributed by atoms with Crippen LogP contribution in [0.3, 0.4) is 0 Å². The molecule has 0 aromatic heterocycles. The van der Waals surface area contributed by atoms with Crippen molar-refractivity contribution in [2.24, 2.45) is 0 Å². The number of thioether (sulfide) groups is 1. The minimum Gasteiger partial charge on any atom is -0.336 e. The second kappa shape index (κ2) is 6.96. The van der Waals surface area contributed by atoms with Gasteiger partial charge in [0, 0.05) is 37.0 Å². The van der Waals surface area contributed by atoms with Gasteiger partial charge in [-0.2, -0.15) is 11.8 Å². The molecule has 0 spiro atoms. The number of piperazine rings is 1. The molecule has 1 heterocycles. The van der Waals surface area contributed by atoms with Gasteiger partial charge < -0.3 is 10.2 Å². The lowest BCUT2D eigenvalue weighted by Gasteiger charge is -2.32. The van der Waals surface area contributed by atoms with Crippen molar-refractivity contribution in [2.45, 2.75) is 25.6 Å². The summed E-state index contributed by atoms with van der Waals surface area (Å²) in [5, 5.41) is 3.35. The van der Waals surface area contributed by atoms with Crippen molar-refractivity contribution in [1.29, 1.82) is 0 Å². The molecule has 1 aliphatic heterocycles. The lowest BCUT2D eigenvalue weighted by atomic mass is 10.1. The average Bonchev–Trinajstić information content (AvgIpc) is 2.45. The van der Waals surface area contributed by atoms with E-state index in [-0.39, 0.29) is 5.91 Å². The first-order valence-electron chi connectivity index (χ1n) is 6.90. The predicted molar refractivity (Wildman–Crippen MR) is 81.6 cm³/mol. The molecule has 0 saturated carbocycles. The highest BCUT2D eigenvalue weighted by atomic mass is 32.2. The van der Waals surface area contributed by atoms with Gasteiger partial charge in [-0.1, -0.05) is 19.1 Å². The highest BCUT2D eigenvalue weighted by molar-refractivity contribution is 7.98. The van der Waals surface area contributed by atoms with Gasteiger partial charge in [0.05, 0.1) is 0 Å². The Balaban J connectivity index is 1.98. The van der Waals surface area contributed by atoms with Crippen LogP contribution in [0, 0.1) is 0 Å². The minimum absolute atomic E-state index is 0.156. The fourth-order valence-electron chi connectivity index (χ4n) is 2.26. The Hall–Kier alpha value is -1.00. The summed E-state index contributed by atoms with van der Waals surface area (Å²) in [7, 11) is 0. The lowest BCUT2D eigenvalue weighted by Crippen LogP contribution is -2.51. The van der Waals surface area contributed by atoms with Crippen LogP contribution in [0.15, 0.2) is 24.3 Å². The molecule has 1 atom stereocenters. The van der Waals surface area contributed by atoms with Crippen LogP contribution in [-0.4, -0.2) is 42.2 Å². The molecule has 1 fully saturated rings. The Morgan fingerprint density at radius 2 is 2.16 bits per heavy atom. The second-order valence-electron chi connectivity index (χ2n) is 4.94. The first kappa shape index (κ1) is 14.4. The third-order valence-corrected chi connectivity index (χ3v) is 4.28. The van der Waals surface area contributed by atoms with Gasteiger partial charge in [-0.25, -0.2) is 0 Å². The maximum Gasteiger partial charge on any atom is 0.253 e. The van der Waals surface area contributed by atoms with Crippen LogP contribution >= 0.6 is 11.8 Å². The van der Waals surface area contributed by atoms with Gasteiger partial charge in [-0.05, 0) is 30.4 Å². The standard InChI is InChI=1S/C15H22N2OS/c1-3-19-11-13-4-6-14(7-5-13)15(18)17-9-8-16-12(2)10-17/h4-7,12,16H,3,8-11H2,1-2H3. The van der Waals surface area contributed by atoms with E-state index in [4.69, 9.17) is 0 Å². The van der Waals surface area contributed by atoms with E-state index in [0.717, 1.165) is 36.7 Å². The van der Waals surface area contributed by atoms with Crippen molar-refractivity contribution in [3.63, 3.8) is 0 Å². The Labute approximate surface area is 119 Å². The molecule has 1 unspecified atom stereocenters. The molecule has 1 aliphatic rings. The van der Waals surface area contributed by atoms with Crippen LogP contribution in [0.4, 0.5) is 0 Å². The van der Waals surface area contributed by atoms with Crippen LogP contribution in [0.25, 0.3) is 0 Å². The molecule has 104 valence electrons. The van der Waals surface area contributed by atoms with Gasteiger partial charge in [0.25, 0.3) is 5.91 Å². The van der Waals surface area contributed by atoms with Crippen LogP contribution in [0.1, 0.15) is 29.8 Å². The molecule has 4 heteroatoms. The summed E-state index contributed by atoms with van der Waals surface area (Å²) in [6.45, 7) is 6.76. The first-order valence-corrected chi connectivity index (χ1v) is 8.05. The monoisotopic (exact) mass is 278 g/mol. The van der Waals surface area contributed by atoms with Crippen LogP contribution in [0.2, 0.25) is 0 Å². The van der Waals surface area contributed by atoms with E-state index in [0.29, 0.717) is 6.04 Å². The zero-order valence-electron chi connectivity index (χ0n) is 11.7. The molecule has 0 aliphatic carbocycles. The van der Waals surface area contributed by atoms with E-state index in [9.17, 15) is 4.79 Å². The number of hydrogen-bond donors (Lipinski definition) is 1. The summed E-state index contributed by atoms with van der Waals surface area (Å²) >= 11 is 1.90. The van der Waals surface area contributed by atoms with E-state index in [1.165, 1.54) is 5.56 Å². The van der Waals surface area contributed by atoms with Crippen molar-refractivity contribution >= 4 is 17.7 Å². The van der Waals surface area contributed by atoms with Crippen molar-refractivity contribution in [3.05, 3.63) is 35.4 Å². The topological polar surface area (TPSA) is 32.3 Å². The first-order chi connectivity index (χ1) is 9.20. The van der Waals surface area contributed by atoms with E-state index < -0.39 is 0 Å². The lowest BCUT2D eigenvalue weighted by molar-refractivity contribution is 0.0709. The third-order valence-electron chi connectivity index (χ3n) is 3.33. The molecule has 0 bridgehead atoms. The number of carbonyl (C=O) groups excluding carboxylic acids is 1. The quantitative estimate of drug-likeness (QED) is 0.918. The van der Waals surface area contributed by atoms with Gasteiger partial charge in [-0.15, -0.1) is 0 Å². The maximum absolute atomic E-state index is 12.4. The normalized spacial score (nSPS) is 19.5. The fraction of sp³-hybridized carbons (Fsp3) is 0.533. The highest BCUT2D eigenvalue weighted by Crippen LogP contribution is 2.14. The van der Waals surface area contributed by atoms with E-state index in [1.54, 1.807) is 0 Å². The van der Waals surface area contributed by atoms with Gasteiger partial charge in [0.2, 0.25) is 0 Å². The minimum atomic E-state index is 0.156. The maximum atomic E-state index is 12.4. The van der Waals surface area contributed by atoms with Crippen LogP contribution < -0.4 is 5.32 Å². The summed E-state index contributed by atoms with van der Waals surface area (Å²) < 4.78 is 0. The number of hydrogen-bond acceptors (Lipinski definition) is 3. The second-order valence-corrected chi connectivity index (χ2v) is 6.21. The molecule has 3 nitrogen and oxygen atoms in total. The zero-order chi connectivity index (χ0) is 13.7. The SMILES string of the molecule is CCSCc1ccc(C(=O)N2CCNC(C)C2)cc1. The molecule has 1 aromatic carbocycles. The molecular weight excluding hydrogens is 256 g/mol. The Bertz CT molecular complexity index is 419. The van der Waals surface area contributed by atoms with Gasteiger partial charge in [0.1, 0.15) is 0 Å². The van der Waals surface area contributed by atoms with Crippen molar-refractivity contribution < 1.29 is 4.79 Å². The highest BCUT2D eigenvalue weighted by Gasteiger charge is 2.21. The van der Waals surface area contributed by atoms with Gasteiger partial charge >= 0.3 is 0 Å². The Morgan fingerprint density at radius 3 is 2.79 bits per heavy atom. The molecule has 0 radical (unpaired) electrons. The van der Waals surface area contributed by atoms with E-state index in [2.05, 4.69) is 31.3 Å². The van der Waals surface area contributed by atoms with E-state index >= 15 is 0 Å². The molecule has 1 amide bonds. The van der Waals surface area contributed by atoms with Gasteiger partial charge in [0.15, 0.2) is 0 Å². The molecular formula is C15H22N2OS. The Kier molecular flexibility index (Phi) is 5.28. The number of nitrogens with one attached hydrogen (secondary N) is 1. The third kappa shape index (κ3) is 3.98. The molecule has 1 N–H and O–H groups in total. The van der Waals surface area contributed by atoms with Crippen LogP contribution in [0.5, 0.6) is 0 Å². The average molecular weight is 278 g/mol. The summed E-state index contributed by atoms with van der Waals surface area (Å²) in [5.41, 5.74) is 2.09. The van der Waals surface area contributed by atoms with E-state index in [1.807, 2.05) is 28.8 Å². The molecule has 1 aromatic rings. The smallest absolute Gasteiger partial charge is 0.253 e. The molecule has 1 saturated heterocycles. The summed E-state index contributed by atoms with van der Waals surface area (Å²) in [4.78, 5) is 14.3. The number of rotatable bonds is 4. The zero-order valence-corrected chi connectivity index (χ0v) is 12.5. The predicted octanol–water partition coefficient (Wildman–Crippen LogP) is 2.37.